The molecule has 8 heteroatoms. The number of thiophene rings is 2. The summed E-state index contributed by atoms with van der Waals surface area (Å²) in [5, 5.41) is 13.7. The molecule has 0 unspecified atom stereocenters. The Morgan fingerprint density at radius 2 is 1.19 bits per heavy atom. The second kappa shape index (κ2) is 15.8. The number of amidine groups is 1. The van der Waals surface area contributed by atoms with Crippen molar-refractivity contribution in [2.45, 2.75) is 0 Å². The summed E-state index contributed by atoms with van der Waals surface area (Å²) < 4.78 is 4.32. The summed E-state index contributed by atoms with van der Waals surface area (Å²) in [5.74, 6) is 1.75. The van der Waals surface area contributed by atoms with Crippen LogP contribution in [-0.4, -0.2) is 31.1 Å². The highest BCUT2D eigenvalue weighted by molar-refractivity contribution is 7.21. The first-order valence-corrected chi connectivity index (χ1v) is 22.1. The third-order valence-electron chi connectivity index (χ3n) is 11.3. The number of fused-ring (bicyclic) bond motifs is 5. The van der Waals surface area contributed by atoms with Crippen LogP contribution in [0.1, 0.15) is 20.9 Å². The van der Waals surface area contributed by atoms with Crippen LogP contribution in [0.15, 0.2) is 200 Å². The van der Waals surface area contributed by atoms with Gasteiger partial charge in [-0.3, -0.25) is 9.98 Å². The Morgan fingerprint density at radius 1 is 0.556 bits per heavy atom. The zero-order valence-electron chi connectivity index (χ0n) is 33.9. The van der Waals surface area contributed by atoms with Crippen molar-refractivity contribution in [1.29, 1.82) is 5.41 Å². The summed E-state index contributed by atoms with van der Waals surface area (Å²) in [6.07, 6.45) is 1.85. The number of rotatable bonds is 9. The predicted molar refractivity (Wildman–Crippen MR) is 267 cm³/mol. The average molecular weight is 845 g/mol. The Balaban J connectivity index is 1.03. The van der Waals surface area contributed by atoms with Crippen LogP contribution in [0.4, 0.5) is 0 Å². The number of nitrogens with one attached hydrogen (secondary N) is 1. The van der Waals surface area contributed by atoms with Crippen molar-refractivity contribution < 1.29 is 0 Å². The first-order valence-electron chi connectivity index (χ1n) is 20.5. The van der Waals surface area contributed by atoms with E-state index in [4.69, 9.17) is 19.9 Å². The van der Waals surface area contributed by atoms with E-state index in [-0.39, 0.29) is 5.84 Å². The van der Waals surface area contributed by atoms with Crippen molar-refractivity contribution in [3.05, 3.63) is 216 Å². The van der Waals surface area contributed by atoms with Gasteiger partial charge in [0.1, 0.15) is 0 Å². The summed E-state index contributed by atoms with van der Waals surface area (Å²) in [6, 6.07) is 62.3. The van der Waals surface area contributed by atoms with E-state index in [0.717, 1.165) is 86.1 Å². The Morgan fingerprint density at radius 3 is 1.95 bits per heavy atom. The topological polar surface area (TPSA) is 79.8 Å². The zero-order valence-corrected chi connectivity index (χ0v) is 35.5. The van der Waals surface area contributed by atoms with E-state index in [1.54, 1.807) is 22.7 Å². The number of benzene rings is 7. The lowest BCUT2D eigenvalue weighted by molar-refractivity contribution is 0.954. The summed E-state index contributed by atoms with van der Waals surface area (Å²) in [7, 11) is 0. The maximum atomic E-state index is 9.35. The molecule has 298 valence electrons. The quantitative estimate of drug-likeness (QED) is 0.116. The molecule has 0 fully saturated rings. The molecule has 4 aromatic heterocycles. The van der Waals surface area contributed by atoms with Gasteiger partial charge in [-0.25, -0.2) is 9.98 Å². The van der Waals surface area contributed by atoms with Crippen LogP contribution < -0.4 is 0 Å². The van der Waals surface area contributed by atoms with Crippen molar-refractivity contribution in [2.24, 2.45) is 4.99 Å². The van der Waals surface area contributed by atoms with Gasteiger partial charge in [0.25, 0.3) is 0 Å². The lowest BCUT2D eigenvalue weighted by atomic mass is 10.0. The van der Waals surface area contributed by atoms with Gasteiger partial charge < -0.3 is 0 Å². The van der Waals surface area contributed by atoms with Gasteiger partial charge in [0.2, 0.25) is 5.95 Å². The highest BCUT2D eigenvalue weighted by atomic mass is 32.1. The molecule has 11 rings (SSSR count). The average Bonchev–Trinajstić information content (AvgIpc) is 4.05. The molecule has 1 N–H and O–H groups in total. The maximum absolute atomic E-state index is 9.35. The second-order valence-corrected chi connectivity index (χ2v) is 17.3. The number of aromatic nitrogens is 4. The van der Waals surface area contributed by atoms with Crippen molar-refractivity contribution >= 4 is 87.8 Å². The van der Waals surface area contributed by atoms with Crippen LogP contribution in [0.3, 0.4) is 0 Å². The number of hydrogen-bond acceptors (Lipinski definition) is 6. The fraction of sp³-hybridized carbons (Fsp3) is 0. The Bertz CT molecular complexity index is 3580. The van der Waals surface area contributed by atoms with E-state index in [1.807, 2.05) is 84.9 Å². The molecular weight excluding hydrogens is 809 g/mol. The minimum absolute atomic E-state index is 0.0948. The van der Waals surface area contributed by atoms with Crippen LogP contribution in [0.5, 0.6) is 0 Å². The van der Waals surface area contributed by atoms with Crippen LogP contribution in [0.2, 0.25) is 0 Å². The summed E-state index contributed by atoms with van der Waals surface area (Å²) >= 11 is 3.24. The van der Waals surface area contributed by atoms with Gasteiger partial charge in [-0.05, 0) is 46.8 Å². The first-order chi connectivity index (χ1) is 31.0. The molecule has 0 aliphatic heterocycles. The van der Waals surface area contributed by atoms with Gasteiger partial charge in [0, 0.05) is 58.3 Å². The minimum Gasteiger partial charge on any atom is -0.282 e. The molecule has 0 amide bonds. The lowest BCUT2D eigenvalue weighted by Gasteiger charge is -2.11. The Kier molecular flexibility index (Phi) is 9.57. The second-order valence-electron chi connectivity index (χ2n) is 15.2. The van der Waals surface area contributed by atoms with Gasteiger partial charge in [-0.2, -0.15) is 9.97 Å². The third kappa shape index (κ3) is 6.88. The molecule has 4 heterocycles. The van der Waals surface area contributed by atoms with E-state index in [9.17, 15) is 5.41 Å². The number of hydrogen-bond donors (Lipinski definition) is 1. The molecule has 11 aromatic rings. The van der Waals surface area contributed by atoms with Crippen molar-refractivity contribution in [2.75, 3.05) is 0 Å². The van der Waals surface area contributed by atoms with Crippen LogP contribution in [0, 0.1) is 5.41 Å². The highest BCUT2D eigenvalue weighted by Crippen LogP contribution is 2.40. The predicted octanol–water partition coefficient (Wildman–Crippen LogP) is 14.6. The molecular formula is C55H36N6S2. The fourth-order valence-electron chi connectivity index (χ4n) is 8.23. The molecule has 0 atom stereocenters. The van der Waals surface area contributed by atoms with Crippen LogP contribution in [-0.2, 0) is 0 Å². The van der Waals surface area contributed by atoms with E-state index in [2.05, 4.69) is 121 Å². The normalized spacial score (nSPS) is 11.8. The molecule has 0 saturated heterocycles. The van der Waals surface area contributed by atoms with Gasteiger partial charge in [0.15, 0.2) is 17.5 Å². The molecule has 6 nitrogen and oxygen atoms in total. The van der Waals surface area contributed by atoms with E-state index in [1.165, 1.54) is 4.70 Å². The minimum atomic E-state index is 0.0948. The molecule has 0 radical (unpaired) electrons. The van der Waals surface area contributed by atoms with Gasteiger partial charge >= 0.3 is 0 Å². The lowest BCUT2D eigenvalue weighted by Crippen LogP contribution is -2.06. The molecule has 0 aliphatic carbocycles. The van der Waals surface area contributed by atoms with Gasteiger partial charge in [-0.15, -0.1) is 22.7 Å². The number of aliphatic imine (C=N–C) groups is 1. The first kappa shape index (κ1) is 38.0. The smallest absolute Gasteiger partial charge is 0.238 e. The summed E-state index contributed by atoms with van der Waals surface area (Å²) in [6.45, 7) is 8.65. The van der Waals surface area contributed by atoms with Crippen molar-refractivity contribution in [1.82, 2.24) is 19.5 Å². The maximum Gasteiger partial charge on any atom is 0.238 e. The number of para-hydroxylation sites is 1. The van der Waals surface area contributed by atoms with E-state index in [0.29, 0.717) is 23.2 Å². The van der Waals surface area contributed by atoms with Gasteiger partial charge in [-0.1, -0.05) is 171 Å². The summed E-state index contributed by atoms with van der Waals surface area (Å²) in [5.41, 5.74) is 9.11. The largest absolute Gasteiger partial charge is 0.282 e. The third-order valence-corrected chi connectivity index (χ3v) is 13.7. The molecule has 0 aliphatic rings. The number of nitrogens with zero attached hydrogens (tertiary/aromatic N) is 5. The van der Waals surface area contributed by atoms with Gasteiger partial charge in [0.05, 0.1) is 21.6 Å². The highest BCUT2D eigenvalue weighted by Gasteiger charge is 2.21. The van der Waals surface area contributed by atoms with Crippen molar-refractivity contribution in [3.8, 4) is 39.9 Å². The Labute approximate surface area is 371 Å². The molecule has 0 bridgehead atoms. The Hall–Kier alpha value is -7.91. The molecule has 0 saturated carbocycles. The molecule has 7 aromatic carbocycles. The monoisotopic (exact) mass is 844 g/mol. The zero-order chi connectivity index (χ0) is 42.4. The van der Waals surface area contributed by atoms with E-state index >= 15 is 0 Å². The SMILES string of the molecule is C=Cc1c(C(=C)C(=N)N=C(c2ccccc2)c2cc3ccccc3s2)sc2cc(-c3nc(-c4ccccc4)nc(-n4c5ccccc5c5ccc(-c6ccccc6)cc54)n3)ccc12. The fourth-order valence-corrected chi connectivity index (χ4v) is 10.5. The molecule has 63 heavy (non-hydrogen) atoms. The van der Waals surface area contributed by atoms with Crippen LogP contribution in [0.25, 0.3) is 93.5 Å². The van der Waals surface area contributed by atoms with E-state index < -0.39 is 0 Å². The van der Waals surface area contributed by atoms with Crippen molar-refractivity contribution in [3.63, 3.8) is 0 Å². The standard InChI is InChI=1S/C55H36N6S2/c1-3-41-44-30-28-40(33-48(44)63-51(41)34(2)52(56)57-50(36-19-9-5-10-20-36)49-32-39-23-13-16-26-47(39)62-49)54-58-53(37-21-11-6-12-22-37)59-55(60-54)61-45-25-15-14-24-42(45)43-29-27-38(31-46(43)61)35-17-7-4-8-18-35/h3-33,56H,1-2H2. The molecule has 0 spiro atoms. The van der Waals surface area contributed by atoms with Crippen LogP contribution >= 0.6 is 22.7 Å². The summed E-state index contributed by atoms with van der Waals surface area (Å²) in [4.78, 5) is 22.4.